The van der Waals surface area contributed by atoms with Crippen LogP contribution in [0.2, 0.25) is 0 Å². The lowest BCUT2D eigenvalue weighted by Crippen LogP contribution is -2.15. The lowest BCUT2D eigenvalue weighted by Gasteiger charge is -2.09. The number of hydrogen-bond donors (Lipinski definition) is 2. The van der Waals surface area contributed by atoms with Gasteiger partial charge in [0.1, 0.15) is 16.5 Å². The van der Waals surface area contributed by atoms with E-state index in [0.717, 1.165) is 17.7 Å². The van der Waals surface area contributed by atoms with Crippen LogP contribution in [0.4, 0.5) is 15.9 Å². The van der Waals surface area contributed by atoms with Gasteiger partial charge in [-0.15, -0.1) is 0 Å². The summed E-state index contributed by atoms with van der Waals surface area (Å²) in [5, 5.41) is 0. The smallest absolute Gasteiger partial charge is 0.266 e. The van der Waals surface area contributed by atoms with E-state index in [9.17, 15) is 12.8 Å². The Morgan fingerprint density at radius 3 is 2.68 bits per heavy atom. The van der Waals surface area contributed by atoms with Gasteiger partial charge in [-0.05, 0) is 42.8 Å². The molecule has 19 heavy (non-hydrogen) atoms. The van der Waals surface area contributed by atoms with Gasteiger partial charge < -0.3 is 5.73 Å². The molecular weight excluding hydrogens is 269 g/mol. The number of benzene rings is 1. The molecule has 0 fully saturated rings. The zero-order valence-corrected chi connectivity index (χ0v) is 10.9. The normalized spacial score (nSPS) is 11.3. The van der Waals surface area contributed by atoms with Crippen molar-refractivity contribution in [3.63, 3.8) is 0 Å². The molecule has 2 rings (SSSR count). The van der Waals surface area contributed by atoms with E-state index in [1.165, 1.54) is 12.3 Å². The Bertz CT molecular complexity index is 717. The number of hydrogen-bond acceptors (Lipinski definition) is 4. The van der Waals surface area contributed by atoms with Gasteiger partial charge in [0, 0.05) is 11.9 Å². The molecule has 0 unspecified atom stereocenters. The summed E-state index contributed by atoms with van der Waals surface area (Å²) in [6.07, 6.45) is 1.46. The van der Waals surface area contributed by atoms with Crippen molar-refractivity contribution in [1.82, 2.24) is 4.98 Å². The zero-order valence-electron chi connectivity index (χ0n) is 10.1. The Labute approximate surface area is 110 Å². The molecule has 1 heterocycles. The average molecular weight is 281 g/mol. The fraction of sp³-hybridized carbons (Fsp3) is 0.0833. The van der Waals surface area contributed by atoms with E-state index in [4.69, 9.17) is 5.73 Å². The van der Waals surface area contributed by atoms with Crippen molar-refractivity contribution < 1.29 is 12.8 Å². The van der Waals surface area contributed by atoms with E-state index in [1.807, 2.05) is 0 Å². The Hall–Kier alpha value is -2.15. The maximum Gasteiger partial charge on any atom is 0.266 e. The third-order valence-corrected chi connectivity index (χ3v) is 3.77. The van der Waals surface area contributed by atoms with Crippen LogP contribution in [0.3, 0.4) is 0 Å². The van der Waals surface area contributed by atoms with Crippen LogP contribution in [0.5, 0.6) is 0 Å². The minimum Gasteiger partial charge on any atom is -0.399 e. The molecule has 1 aromatic carbocycles. The molecule has 7 heteroatoms. The van der Waals surface area contributed by atoms with Crippen LogP contribution < -0.4 is 10.5 Å². The number of sulfonamides is 1. The number of nitrogens with zero attached hydrogens (tertiary/aromatic N) is 1. The zero-order chi connectivity index (χ0) is 14.0. The number of rotatable bonds is 3. The van der Waals surface area contributed by atoms with Crippen LogP contribution in [0.25, 0.3) is 0 Å². The summed E-state index contributed by atoms with van der Waals surface area (Å²) in [6.45, 7) is 1.79. The fourth-order valence-electron chi connectivity index (χ4n) is 1.51. The first-order valence-electron chi connectivity index (χ1n) is 5.39. The van der Waals surface area contributed by atoms with E-state index in [1.54, 1.807) is 19.1 Å². The lowest BCUT2D eigenvalue weighted by atomic mass is 10.3. The molecule has 2 aromatic rings. The summed E-state index contributed by atoms with van der Waals surface area (Å²) < 4.78 is 39.8. The number of nitrogens with one attached hydrogen (secondary N) is 1. The molecule has 0 saturated heterocycles. The molecule has 0 aliphatic rings. The third kappa shape index (κ3) is 3.00. The molecule has 0 aliphatic heterocycles. The molecule has 0 radical (unpaired) electrons. The van der Waals surface area contributed by atoms with E-state index in [2.05, 4.69) is 9.71 Å². The van der Waals surface area contributed by atoms with Crippen LogP contribution in [-0.2, 0) is 10.0 Å². The number of anilines is 2. The van der Waals surface area contributed by atoms with E-state index in [-0.39, 0.29) is 11.5 Å². The van der Waals surface area contributed by atoms with Gasteiger partial charge in [0.15, 0.2) is 0 Å². The first kappa shape index (κ1) is 13.3. The predicted molar refractivity (Wildman–Crippen MR) is 70.6 cm³/mol. The Morgan fingerprint density at radius 1 is 1.26 bits per heavy atom. The van der Waals surface area contributed by atoms with E-state index >= 15 is 0 Å². The molecule has 0 saturated carbocycles. The van der Waals surface area contributed by atoms with Crippen LogP contribution in [0, 0.1) is 12.7 Å². The second-order valence-corrected chi connectivity index (χ2v) is 5.66. The van der Waals surface area contributed by atoms with Gasteiger partial charge in [-0.3, -0.25) is 4.72 Å². The van der Waals surface area contributed by atoms with Gasteiger partial charge in [0.2, 0.25) is 0 Å². The van der Waals surface area contributed by atoms with Crippen LogP contribution >= 0.6 is 0 Å². The maximum atomic E-state index is 13.6. The number of aryl methyl sites for hydroxylation is 1. The van der Waals surface area contributed by atoms with Gasteiger partial charge >= 0.3 is 0 Å². The van der Waals surface area contributed by atoms with E-state index < -0.39 is 20.7 Å². The van der Waals surface area contributed by atoms with Gasteiger partial charge in [0.25, 0.3) is 10.0 Å². The highest BCUT2D eigenvalue weighted by Gasteiger charge is 2.20. The first-order valence-corrected chi connectivity index (χ1v) is 6.87. The van der Waals surface area contributed by atoms with Gasteiger partial charge in [-0.2, -0.15) is 0 Å². The SMILES string of the molecule is Cc1ccnc(NS(=O)(=O)c2cc(N)ccc2F)c1. The average Bonchev–Trinajstić information content (AvgIpc) is 2.31. The summed E-state index contributed by atoms with van der Waals surface area (Å²) in [5.74, 6) is -0.740. The van der Waals surface area contributed by atoms with E-state index in [0.29, 0.717) is 0 Å². The van der Waals surface area contributed by atoms with Crippen LogP contribution in [-0.4, -0.2) is 13.4 Å². The number of pyridine rings is 1. The molecule has 100 valence electrons. The van der Waals surface area contributed by atoms with Gasteiger partial charge in [-0.25, -0.2) is 17.8 Å². The maximum absolute atomic E-state index is 13.6. The highest BCUT2D eigenvalue weighted by Crippen LogP contribution is 2.20. The summed E-state index contributed by atoms with van der Waals surface area (Å²) in [4.78, 5) is 3.35. The predicted octanol–water partition coefficient (Wildman–Crippen LogP) is 1.91. The highest BCUT2D eigenvalue weighted by molar-refractivity contribution is 7.92. The standard InChI is InChI=1S/C12H12FN3O2S/c1-8-4-5-15-12(6-8)16-19(17,18)11-7-9(14)2-3-10(11)13/h2-7H,14H2,1H3,(H,15,16). The van der Waals surface area contributed by atoms with Gasteiger partial charge in [-0.1, -0.05) is 0 Å². The molecule has 0 aliphatic carbocycles. The van der Waals surface area contributed by atoms with Gasteiger partial charge in [0.05, 0.1) is 0 Å². The monoisotopic (exact) mass is 281 g/mol. The summed E-state index contributed by atoms with van der Waals surface area (Å²) >= 11 is 0. The molecule has 0 amide bonds. The van der Waals surface area contributed by atoms with Crippen molar-refractivity contribution in [2.45, 2.75) is 11.8 Å². The van der Waals surface area contributed by atoms with Crippen molar-refractivity contribution in [2.24, 2.45) is 0 Å². The van der Waals surface area contributed by atoms with Crippen molar-refractivity contribution in [3.05, 3.63) is 47.9 Å². The van der Waals surface area contributed by atoms with Crippen molar-refractivity contribution in [2.75, 3.05) is 10.5 Å². The van der Waals surface area contributed by atoms with Crippen molar-refractivity contribution >= 4 is 21.5 Å². The molecule has 5 nitrogen and oxygen atoms in total. The third-order valence-electron chi connectivity index (χ3n) is 2.40. The first-order chi connectivity index (χ1) is 8.88. The lowest BCUT2D eigenvalue weighted by molar-refractivity contribution is 0.570. The number of halogens is 1. The molecule has 0 bridgehead atoms. The van der Waals surface area contributed by atoms with Crippen LogP contribution in [0.1, 0.15) is 5.56 Å². The minimum absolute atomic E-state index is 0.127. The number of aromatic nitrogens is 1. The fourth-order valence-corrected chi connectivity index (χ4v) is 2.62. The Balaban J connectivity index is 2.40. The van der Waals surface area contributed by atoms with Crippen LogP contribution in [0.15, 0.2) is 41.4 Å². The number of nitrogens with two attached hydrogens (primary N) is 1. The molecule has 0 atom stereocenters. The quantitative estimate of drug-likeness (QED) is 0.842. The number of nitrogen functional groups attached to an aromatic ring is 1. The van der Waals surface area contributed by atoms with Crippen molar-refractivity contribution in [1.29, 1.82) is 0 Å². The highest BCUT2D eigenvalue weighted by atomic mass is 32.2. The molecule has 0 spiro atoms. The second kappa shape index (κ2) is 4.85. The summed E-state index contributed by atoms with van der Waals surface area (Å²) in [5.41, 5.74) is 6.47. The molecule has 1 aromatic heterocycles. The summed E-state index contributed by atoms with van der Waals surface area (Å²) in [7, 11) is -4.05. The minimum atomic E-state index is -4.05. The Morgan fingerprint density at radius 2 is 2.00 bits per heavy atom. The molecular formula is C12H12FN3O2S. The topological polar surface area (TPSA) is 85.1 Å². The largest absolute Gasteiger partial charge is 0.399 e. The Kier molecular flexibility index (Phi) is 3.39. The second-order valence-electron chi connectivity index (χ2n) is 4.01. The summed E-state index contributed by atoms with van der Waals surface area (Å²) in [6, 6.07) is 6.63. The molecule has 3 N–H and O–H groups in total. The van der Waals surface area contributed by atoms with Crippen molar-refractivity contribution in [3.8, 4) is 0 Å².